The average molecular weight is 251 g/mol. The van der Waals surface area contributed by atoms with Gasteiger partial charge in [0.25, 0.3) is 0 Å². The van der Waals surface area contributed by atoms with Crippen molar-refractivity contribution in [3.8, 4) is 0 Å². The van der Waals surface area contributed by atoms with E-state index in [-0.39, 0.29) is 11.6 Å². The summed E-state index contributed by atoms with van der Waals surface area (Å²) in [7, 11) is 4.23. The van der Waals surface area contributed by atoms with Gasteiger partial charge in [-0.05, 0) is 33.4 Å². The lowest BCUT2D eigenvalue weighted by atomic mass is 9.78. The Morgan fingerprint density at radius 3 is 2.78 bits per heavy atom. The monoisotopic (exact) mass is 251 g/mol. The van der Waals surface area contributed by atoms with E-state index in [1.807, 2.05) is 0 Å². The summed E-state index contributed by atoms with van der Waals surface area (Å²) in [4.78, 5) is 9.11. The second kappa shape index (κ2) is 4.29. The lowest BCUT2D eigenvalue weighted by Gasteiger charge is -2.36. The molecular formula is C12H21N5O. The van der Waals surface area contributed by atoms with Gasteiger partial charge in [-0.25, -0.2) is 0 Å². The molecule has 0 spiro atoms. The van der Waals surface area contributed by atoms with Crippen LogP contribution in [0.3, 0.4) is 0 Å². The van der Waals surface area contributed by atoms with Crippen molar-refractivity contribution >= 4 is 0 Å². The highest BCUT2D eigenvalue weighted by Crippen LogP contribution is 2.38. The van der Waals surface area contributed by atoms with Crippen molar-refractivity contribution in [1.29, 1.82) is 0 Å². The fourth-order valence-corrected chi connectivity index (χ4v) is 2.63. The zero-order chi connectivity index (χ0) is 12.8. The third kappa shape index (κ3) is 1.94. The molecule has 0 bridgehead atoms. The first-order chi connectivity index (χ1) is 8.58. The molecule has 6 nitrogen and oxygen atoms in total. The van der Waals surface area contributed by atoms with Crippen molar-refractivity contribution in [3.05, 3.63) is 11.7 Å². The Bertz CT molecular complexity index is 428. The number of hydrogen-bond acceptors (Lipinski definition) is 6. The highest BCUT2D eigenvalue weighted by molar-refractivity contribution is 5.09. The zero-order valence-corrected chi connectivity index (χ0v) is 11.1. The molecule has 1 atom stereocenters. The van der Waals surface area contributed by atoms with E-state index in [9.17, 15) is 0 Å². The van der Waals surface area contributed by atoms with Crippen molar-refractivity contribution in [3.63, 3.8) is 0 Å². The van der Waals surface area contributed by atoms with Crippen LogP contribution >= 0.6 is 0 Å². The molecule has 2 fully saturated rings. The summed E-state index contributed by atoms with van der Waals surface area (Å²) in [5.41, 5.74) is 5.85. The summed E-state index contributed by atoms with van der Waals surface area (Å²) in [5.74, 6) is 1.39. The fourth-order valence-electron chi connectivity index (χ4n) is 2.63. The predicted octanol–water partition coefficient (Wildman–Crippen LogP) is 0.326. The number of rotatable bonds is 2. The van der Waals surface area contributed by atoms with Crippen LogP contribution in [0, 0.1) is 0 Å². The number of piperazine rings is 1. The topological polar surface area (TPSA) is 71.4 Å². The second-order valence-corrected chi connectivity index (χ2v) is 5.73. The molecule has 18 heavy (non-hydrogen) atoms. The van der Waals surface area contributed by atoms with Gasteiger partial charge in [0.2, 0.25) is 5.89 Å². The normalized spacial score (nSPS) is 29.2. The van der Waals surface area contributed by atoms with Gasteiger partial charge in [-0.2, -0.15) is 4.98 Å². The van der Waals surface area contributed by atoms with Gasteiger partial charge in [0, 0.05) is 19.6 Å². The van der Waals surface area contributed by atoms with Crippen LogP contribution in [-0.2, 0) is 5.54 Å². The Balaban J connectivity index is 1.79. The van der Waals surface area contributed by atoms with Gasteiger partial charge in [0.05, 0.1) is 11.6 Å². The first-order valence-electron chi connectivity index (χ1n) is 6.60. The highest BCUT2D eigenvalue weighted by atomic mass is 16.5. The molecule has 1 aliphatic heterocycles. The standard InChI is InChI=1S/C12H21N5O/c1-16-6-7-17(2)9(8-16)10-14-11(18-15-10)12(13)4-3-5-12/h9H,3-8,13H2,1-2H3. The predicted molar refractivity (Wildman–Crippen MR) is 66.9 cm³/mol. The highest BCUT2D eigenvalue weighted by Gasteiger charge is 2.40. The van der Waals surface area contributed by atoms with Crippen molar-refractivity contribution in [1.82, 2.24) is 19.9 Å². The molecule has 1 unspecified atom stereocenters. The molecule has 2 N–H and O–H groups in total. The lowest BCUT2D eigenvalue weighted by Crippen LogP contribution is -2.45. The minimum atomic E-state index is -0.357. The molecule has 1 saturated heterocycles. The molecule has 1 aromatic rings. The summed E-state index contributed by atoms with van der Waals surface area (Å²) in [5, 5.41) is 4.14. The third-order valence-electron chi connectivity index (χ3n) is 4.26. The molecule has 3 rings (SSSR count). The van der Waals surface area contributed by atoms with Gasteiger partial charge >= 0.3 is 0 Å². The van der Waals surface area contributed by atoms with Gasteiger partial charge in [0.15, 0.2) is 5.82 Å². The first-order valence-corrected chi connectivity index (χ1v) is 6.60. The van der Waals surface area contributed by atoms with Crippen LogP contribution in [0.25, 0.3) is 0 Å². The molecule has 1 aromatic heterocycles. The number of likely N-dealkylation sites (N-methyl/N-ethyl adjacent to an activating group) is 2. The summed E-state index contributed by atoms with van der Waals surface area (Å²) < 4.78 is 5.38. The lowest BCUT2D eigenvalue weighted by molar-refractivity contribution is 0.108. The van der Waals surface area contributed by atoms with E-state index >= 15 is 0 Å². The quantitative estimate of drug-likeness (QED) is 0.816. The van der Waals surface area contributed by atoms with Crippen molar-refractivity contribution in [2.24, 2.45) is 5.73 Å². The minimum absolute atomic E-state index is 0.213. The molecule has 100 valence electrons. The van der Waals surface area contributed by atoms with Crippen LogP contribution in [0.2, 0.25) is 0 Å². The van der Waals surface area contributed by atoms with Crippen molar-refractivity contribution < 1.29 is 4.52 Å². The smallest absolute Gasteiger partial charge is 0.246 e. The van der Waals surface area contributed by atoms with Crippen LogP contribution in [0.5, 0.6) is 0 Å². The van der Waals surface area contributed by atoms with Crippen molar-refractivity contribution in [2.75, 3.05) is 33.7 Å². The number of nitrogens with two attached hydrogens (primary N) is 1. The summed E-state index contributed by atoms with van der Waals surface area (Å²) >= 11 is 0. The van der Waals surface area contributed by atoms with E-state index in [4.69, 9.17) is 10.3 Å². The molecule has 1 saturated carbocycles. The van der Waals surface area contributed by atoms with Gasteiger partial charge in [0.1, 0.15) is 0 Å². The van der Waals surface area contributed by atoms with E-state index in [1.54, 1.807) is 0 Å². The molecule has 2 heterocycles. The maximum atomic E-state index is 6.21. The van der Waals surface area contributed by atoms with Crippen LogP contribution in [0.15, 0.2) is 4.52 Å². The summed E-state index contributed by atoms with van der Waals surface area (Å²) in [6, 6.07) is 0.213. The van der Waals surface area contributed by atoms with Crippen LogP contribution in [0.4, 0.5) is 0 Å². The Kier molecular flexibility index (Phi) is 2.88. The van der Waals surface area contributed by atoms with E-state index in [2.05, 4.69) is 34.0 Å². The molecule has 1 aliphatic carbocycles. The van der Waals surface area contributed by atoms with Crippen LogP contribution < -0.4 is 5.73 Å². The fraction of sp³-hybridized carbons (Fsp3) is 0.833. The molecule has 0 aromatic carbocycles. The Morgan fingerprint density at radius 1 is 1.33 bits per heavy atom. The van der Waals surface area contributed by atoms with Crippen molar-refractivity contribution in [2.45, 2.75) is 30.8 Å². The molecule has 0 amide bonds. The van der Waals surface area contributed by atoms with E-state index in [0.29, 0.717) is 5.89 Å². The molecule has 0 radical (unpaired) electrons. The van der Waals surface area contributed by atoms with Gasteiger partial charge in [-0.15, -0.1) is 0 Å². The molecule has 2 aliphatic rings. The van der Waals surface area contributed by atoms with Gasteiger partial charge < -0.3 is 15.2 Å². The van der Waals surface area contributed by atoms with E-state index in [0.717, 1.165) is 44.7 Å². The Morgan fingerprint density at radius 2 is 2.11 bits per heavy atom. The summed E-state index contributed by atoms with van der Waals surface area (Å²) in [6.45, 7) is 3.05. The third-order valence-corrected chi connectivity index (χ3v) is 4.26. The summed E-state index contributed by atoms with van der Waals surface area (Å²) in [6.07, 6.45) is 3.06. The zero-order valence-electron chi connectivity index (χ0n) is 11.1. The number of aromatic nitrogens is 2. The number of nitrogens with zero attached hydrogens (tertiary/aromatic N) is 4. The van der Waals surface area contributed by atoms with Gasteiger partial charge in [-0.1, -0.05) is 5.16 Å². The van der Waals surface area contributed by atoms with Crippen LogP contribution in [0.1, 0.15) is 37.0 Å². The first kappa shape index (κ1) is 12.1. The maximum Gasteiger partial charge on any atom is 0.246 e. The Hall–Kier alpha value is -0.980. The van der Waals surface area contributed by atoms with Crippen LogP contribution in [-0.4, -0.2) is 53.7 Å². The van der Waals surface area contributed by atoms with E-state index in [1.165, 1.54) is 0 Å². The van der Waals surface area contributed by atoms with E-state index < -0.39 is 0 Å². The number of hydrogen-bond donors (Lipinski definition) is 1. The molecule has 6 heteroatoms. The molecular weight excluding hydrogens is 230 g/mol. The minimum Gasteiger partial charge on any atom is -0.337 e. The SMILES string of the molecule is CN1CCN(C)C(c2noc(C3(N)CCC3)n2)C1. The maximum absolute atomic E-state index is 6.21. The average Bonchev–Trinajstić information content (AvgIpc) is 2.79. The second-order valence-electron chi connectivity index (χ2n) is 5.73. The Labute approximate surface area is 107 Å². The van der Waals surface area contributed by atoms with Gasteiger partial charge in [-0.3, -0.25) is 4.90 Å². The largest absolute Gasteiger partial charge is 0.337 e.